The van der Waals surface area contributed by atoms with E-state index in [2.05, 4.69) is 10.6 Å². The van der Waals surface area contributed by atoms with E-state index in [1.807, 2.05) is 0 Å². The zero-order chi connectivity index (χ0) is 13.9. The number of piperidine rings is 2. The van der Waals surface area contributed by atoms with E-state index in [4.69, 9.17) is 0 Å². The van der Waals surface area contributed by atoms with Crippen LogP contribution in [0.25, 0.3) is 0 Å². The molecule has 0 spiro atoms. The van der Waals surface area contributed by atoms with E-state index in [9.17, 15) is 13.2 Å². The third-order valence-electron chi connectivity index (χ3n) is 3.91. The van der Waals surface area contributed by atoms with E-state index in [1.165, 1.54) is 6.26 Å². The Morgan fingerprint density at radius 3 is 2.84 bits per heavy atom. The molecular formula is C12H23N3O3S. The van der Waals surface area contributed by atoms with Crippen LogP contribution in [0.5, 0.6) is 0 Å². The number of carbonyl (C=O) groups is 1. The number of rotatable bonds is 4. The number of nitrogens with one attached hydrogen (secondary N) is 2. The molecule has 2 atom stereocenters. The summed E-state index contributed by atoms with van der Waals surface area (Å²) in [6.07, 6.45) is 4.73. The summed E-state index contributed by atoms with van der Waals surface area (Å²) in [7, 11) is -3.06. The zero-order valence-electron chi connectivity index (χ0n) is 11.4. The second kappa shape index (κ2) is 6.19. The largest absolute Gasteiger partial charge is 0.355 e. The van der Waals surface area contributed by atoms with Crippen molar-refractivity contribution >= 4 is 15.9 Å². The molecule has 2 aliphatic heterocycles. The molecule has 2 saturated heterocycles. The number of hydrogen-bond acceptors (Lipinski definition) is 4. The second-order valence-corrected chi connectivity index (χ2v) is 7.56. The average molecular weight is 289 g/mol. The molecule has 0 aromatic carbocycles. The van der Waals surface area contributed by atoms with Crippen molar-refractivity contribution < 1.29 is 13.2 Å². The molecule has 0 radical (unpaired) electrons. The van der Waals surface area contributed by atoms with E-state index >= 15 is 0 Å². The smallest absolute Gasteiger partial charge is 0.220 e. The van der Waals surface area contributed by atoms with Crippen molar-refractivity contribution in [1.29, 1.82) is 0 Å². The van der Waals surface area contributed by atoms with Crippen LogP contribution in [0.15, 0.2) is 0 Å². The SMILES string of the molecule is CS(=O)(=O)N1CCCC(CNC2CCC(=O)NC2)C1. The van der Waals surface area contributed by atoms with Crippen molar-refractivity contribution in [2.45, 2.75) is 31.7 Å². The molecule has 2 unspecified atom stereocenters. The molecule has 2 rings (SSSR count). The monoisotopic (exact) mass is 289 g/mol. The van der Waals surface area contributed by atoms with Crippen LogP contribution in [0.1, 0.15) is 25.7 Å². The molecule has 2 aliphatic rings. The Balaban J connectivity index is 1.75. The molecule has 0 aliphatic carbocycles. The van der Waals surface area contributed by atoms with Gasteiger partial charge in [-0.05, 0) is 31.7 Å². The predicted molar refractivity (Wildman–Crippen MR) is 73.2 cm³/mol. The Morgan fingerprint density at radius 2 is 2.21 bits per heavy atom. The fourth-order valence-corrected chi connectivity index (χ4v) is 3.68. The minimum absolute atomic E-state index is 0.124. The standard InChI is InChI=1S/C12H23N3O3S/c1-19(17,18)15-6-2-3-10(9-15)7-13-11-4-5-12(16)14-8-11/h10-11,13H,2-9H2,1H3,(H,14,16). The molecule has 110 valence electrons. The number of hydrogen-bond donors (Lipinski definition) is 2. The molecule has 2 N–H and O–H groups in total. The number of amides is 1. The van der Waals surface area contributed by atoms with Gasteiger partial charge in [0.05, 0.1) is 6.26 Å². The number of sulfonamides is 1. The van der Waals surface area contributed by atoms with Crippen LogP contribution in [0.3, 0.4) is 0 Å². The van der Waals surface area contributed by atoms with Gasteiger partial charge < -0.3 is 10.6 Å². The minimum atomic E-state index is -3.06. The highest BCUT2D eigenvalue weighted by Crippen LogP contribution is 2.18. The summed E-state index contributed by atoms with van der Waals surface area (Å²) in [4.78, 5) is 11.1. The summed E-state index contributed by atoms with van der Waals surface area (Å²) in [6, 6.07) is 0.325. The number of nitrogens with zero attached hydrogens (tertiary/aromatic N) is 1. The van der Waals surface area contributed by atoms with Gasteiger partial charge in [0.25, 0.3) is 0 Å². The molecule has 19 heavy (non-hydrogen) atoms. The van der Waals surface area contributed by atoms with Gasteiger partial charge in [0.1, 0.15) is 0 Å². The lowest BCUT2D eigenvalue weighted by Gasteiger charge is -2.32. The van der Waals surface area contributed by atoms with Gasteiger partial charge in [-0.2, -0.15) is 0 Å². The molecule has 0 bridgehead atoms. The topological polar surface area (TPSA) is 78.5 Å². The van der Waals surface area contributed by atoms with Crippen LogP contribution in [0.4, 0.5) is 0 Å². The van der Waals surface area contributed by atoms with E-state index in [-0.39, 0.29) is 5.91 Å². The summed E-state index contributed by atoms with van der Waals surface area (Å²) < 4.78 is 24.6. The van der Waals surface area contributed by atoms with Gasteiger partial charge in [-0.15, -0.1) is 0 Å². The highest BCUT2D eigenvalue weighted by Gasteiger charge is 2.26. The quantitative estimate of drug-likeness (QED) is 0.733. The van der Waals surface area contributed by atoms with Gasteiger partial charge >= 0.3 is 0 Å². The average Bonchev–Trinajstić information content (AvgIpc) is 2.37. The highest BCUT2D eigenvalue weighted by atomic mass is 32.2. The van der Waals surface area contributed by atoms with Crippen molar-refractivity contribution in [3.05, 3.63) is 0 Å². The molecule has 7 heteroatoms. The Labute approximate surface area is 115 Å². The van der Waals surface area contributed by atoms with Crippen molar-refractivity contribution in [3.63, 3.8) is 0 Å². The predicted octanol–water partition coefficient (Wildman–Crippen LogP) is -0.474. The molecule has 0 aromatic rings. The lowest BCUT2D eigenvalue weighted by atomic mass is 9.98. The van der Waals surface area contributed by atoms with Crippen LogP contribution in [0, 0.1) is 5.92 Å². The summed E-state index contributed by atoms with van der Waals surface area (Å²) in [5, 5.41) is 6.29. The van der Waals surface area contributed by atoms with E-state index in [0.717, 1.165) is 25.8 Å². The van der Waals surface area contributed by atoms with Crippen molar-refractivity contribution in [2.24, 2.45) is 5.92 Å². The van der Waals surface area contributed by atoms with Gasteiger partial charge in [0.2, 0.25) is 15.9 Å². The van der Waals surface area contributed by atoms with Gasteiger partial charge in [-0.3, -0.25) is 4.79 Å². The lowest BCUT2D eigenvalue weighted by molar-refractivity contribution is -0.122. The van der Waals surface area contributed by atoms with Gasteiger partial charge in [0, 0.05) is 32.1 Å². The van der Waals surface area contributed by atoms with Gasteiger partial charge in [-0.25, -0.2) is 12.7 Å². The maximum atomic E-state index is 11.5. The normalized spacial score (nSPS) is 30.1. The highest BCUT2D eigenvalue weighted by molar-refractivity contribution is 7.88. The van der Waals surface area contributed by atoms with Gasteiger partial charge in [-0.1, -0.05) is 0 Å². The maximum absolute atomic E-state index is 11.5. The Hall–Kier alpha value is -0.660. The Kier molecular flexibility index (Phi) is 4.81. The van der Waals surface area contributed by atoms with Crippen LogP contribution in [-0.4, -0.2) is 57.1 Å². The van der Waals surface area contributed by atoms with Crippen molar-refractivity contribution in [2.75, 3.05) is 32.4 Å². The van der Waals surface area contributed by atoms with Crippen LogP contribution >= 0.6 is 0 Å². The zero-order valence-corrected chi connectivity index (χ0v) is 12.2. The van der Waals surface area contributed by atoms with Crippen LogP contribution in [-0.2, 0) is 14.8 Å². The molecular weight excluding hydrogens is 266 g/mol. The van der Waals surface area contributed by atoms with E-state index in [1.54, 1.807) is 4.31 Å². The first-order valence-electron chi connectivity index (χ1n) is 6.90. The van der Waals surface area contributed by atoms with Crippen molar-refractivity contribution in [3.8, 4) is 0 Å². The van der Waals surface area contributed by atoms with Crippen LogP contribution in [0.2, 0.25) is 0 Å². The molecule has 2 fully saturated rings. The van der Waals surface area contributed by atoms with E-state index in [0.29, 0.717) is 38.0 Å². The minimum Gasteiger partial charge on any atom is -0.355 e. The second-order valence-electron chi connectivity index (χ2n) is 5.58. The Morgan fingerprint density at radius 1 is 1.42 bits per heavy atom. The number of carbonyl (C=O) groups excluding carboxylic acids is 1. The molecule has 0 saturated carbocycles. The van der Waals surface area contributed by atoms with Crippen LogP contribution < -0.4 is 10.6 Å². The molecule has 6 nitrogen and oxygen atoms in total. The lowest BCUT2D eigenvalue weighted by Crippen LogP contribution is -2.49. The molecule has 0 aromatic heterocycles. The first-order chi connectivity index (χ1) is 8.95. The van der Waals surface area contributed by atoms with Crippen molar-refractivity contribution in [1.82, 2.24) is 14.9 Å². The maximum Gasteiger partial charge on any atom is 0.220 e. The Bertz CT molecular complexity index is 414. The first-order valence-corrected chi connectivity index (χ1v) is 8.75. The molecule has 1 amide bonds. The summed E-state index contributed by atoms with van der Waals surface area (Å²) in [6.45, 7) is 2.77. The first kappa shape index (κ1) is 14.7. The third kappa shape index (κ3) is 4.43. The summed E-state index contributed by atoms with van der Waals surface area (Å²) >= 11 is 0. The fourth-order valence-electron chi connectivity index (χ4n) is 2.74. The fraction of sp³-hybridized carbons (Fsp3) is 0.917. The van der Waals surface area contributed by atoms with E-state index < -0.39 is 10.0 Å². The molecule has 2 heterocycles. The summed E-state index contributed by atoms with van der Waals surface area (Å²) in [5.74, 6) is 0.500. The third-order valence-corrected chi connectivity index (χ3v) is 5.18. The van der Waals surface area contributed by atoms with Gasteiger partial charge in [0.15, 0.2) is 0 Å². The summed E-state index contributed by atoms with van der Waals surface area (Å²) in [5.41, 5.74) is 0.